The maximum Gasteiger partial charge on any atom is 0.272 e. The number of rotatable bonds is 11. The van der Waals surface area contributed by atoms with E-state index in [9.17, 15) is 14.4 Å². The molecule has 3 N–H and O–H groups in total. The number of carbonyl (C=O) groups excluding carboxylic acids is 3. The number of para-hydroxylation sites is 1. The Bertz CT molecular complexity index is 1970. The van der Waals surface area contributed by atoms with Crippen LogP contribution >= 0.6 is 35.0 Å². The standard InChI is InChI=1S/C39H33Cl2N3O3S/c1-3-26-18-10-13-25(2)35(26)44-39(47)36(27-14-6-4-7-15-27)48-31-21-12-20-30(24-31)42-38(46)33(23-29-19-11-22-32(40)34(29)41)43-37(45)28-16-8-5-9-17-28/h4-24,36H,3H2,1-2H3,(H,42,46)(H,43,45)(H,44,47)/b33-23+. The molecule has 242 valence electrons. The van der Waals surface area contributed by atoms with E-state index in [0.29, 0.717) is 21.8 Å². The van der Waals surface area contributed by atoms with E-state index in [0.717, 1.165) is 33.7 Å². The van der Waals surface area contributed by atoms with Gasteiger partial charge in [-0.05, 0) is 78.1 Å². The molecule has 3 amide bonds. The van der Waals surface area contributed by atoms with Gasteiger partial charge in [-0.3, -0.25) is 14.4 Å². The van der Waals surface area contributed by atoms with Crippen LogP contribution in [0.5, 0.6) is 0 Å². The van der Waals surface area contributed by atoms with Crippen molar-refractivity contribution >= 4 is 70.1 Å². The SMILES string of the molecule is CCc1cccc(C)c1NC(=O)C(Sc1cccc(NC(=O)/C(=C\c2cccc(Cl)c2Cl)NC(=O)c2ccccc2)c1)c1ccccc1. The molecule has 48 heavy (non-hydrogen) atoms. The first-order chi connectivity index (χ1) is 23.2. The lowest BCUT2D eigenvalue weighted by Crippen LogP contribution is -2.30. The van der Waals surface area contributed by atoms with Crippen molar-refractivity contribution < 1.29 is 14.4 Å². The summed E-state index contributed by atoms with van der Waals surface area (Å²) in [6.45, 7) is 4.04. The molecule has 0 aliphatic carbocycles. The van der Waals surface area contributed by atoms with Gasteiger partial charge in [-0.1, -0.05) is 115 Å². The lowest BCUT2D eigenvalue weighted by Gasteiger charge is -2.20. The molecule has 1 unspecified atom stereocenters. The van der Waals surface area contributed by atoms with Crippen molar-refractivity contribution in [2.75, 3.05) is 10.6 Å². The Morgan fingerprint density at radius 1 is 0.792 bits per heavy atom. The van der Waals surface area contributed by atoms with E-state index in [2.05, 4.69) is 22.9 Å². The summed E-state index contributed by atoms with van der Waals surface area (Å²) in [7, 11) is 0. The first-order valence-corrected chi connectivity index (χ1v) is 16.9. The van der Waals surface area contributed by atoms with E-state index in [1.165, 1.54) is 17.8 Å². The zero-order valence-electron chi connectivity index (χ0n) is 26.3. The number of hydrogen-bond acceptors (Lipinski definition) is 4. The Morgan fingerprint density at radius 3 is 2.21 bits per heavy atom. The summed E-state index contributed by atoms with van der Waals surface area (Å²) in [5, 5.41) is 8.77. The summed E-state index contributed by atoms with van der Waals surface area (Å²) in [4.78, 5) is 41.4. The first kappa shape index (κ1) is 34.5. The lowest BCUT2D eigenvalue weighted by molar-refractivity contribution is -0.116. The quantitative estimate of drug-likeness (QED) is 0.0950. The minimum absolute atomic E-state index is 0.0300. The normalized spacial score (nSPS) is 11.8. The van der Waals surface area contributed by atoms with Gasteiger partial charge in [0.25, 0.3) is 11.8 Å². The third-order valence-electron chi connectivity index (χ3n) is 7.48. The third-order valence-corrected chi connectivity index (χ3v) is 9.57. The summed E-state index contributed by atoms with van der Waals surface area (Å²) in [5.41, 5.74) is 5.01. The molecule has 0 bridgehead atoms. The van der Waals surface area contributed by atoms with Crippen molar-refractivity contribution in [2.45, 2.75) is 30.4 Å². The van der Waals surface area contributed by atoms with Gasteiger partial charge in [0.1, 0.15) is 10.9 Å². The number of thioether (sulfide) groups is 1. The molecule has 5 aromatic rings. The Morgan fingerprint density at radius 2 is 1.48 bits per heavy atom. The lowest BCUT2D eigenvalue weighted by atomic mass is 10.1. The predicted molar refractivity (Wildman–Crippen MR) is 198 cm³/mol. The minimum atomic E-state index is -0.577. The third kappa shape index (κ3) is 8.75. The van der Waals surface area contributed by atoms with Crippen LogP contribution in [0.25, 0.3) is 6.08 Å². The highest BCUT2D eigenvalue weighted by Crippen LogP contribution is 2.38. The van der Waals surface area contributed by atoms with Crippen LogP contribution in [0.3, 0.4) is 0 Å². The highest BCUT2D eigenvalue weighted by molar-refractivity contribution is 8.00. The fourth-order valence-electron chi connectivity index (χ4n) is 5.00. The predicted octanol–water partition coefficient (Wildman–Crippen LogP) is 9.75. The number of aryl methyl sites for hydroxylation is 2. The molecular formula is C39H33Cl2N3O3S. The molecule has 0 fully saturated rings. The van der Waals surface area contributed by atoms with Gasteiger partial charge in [0.15, 0.2) is 0 Å². The molecule has 0 saturated carbocycles. The Labute approximate surface area is 294 Å². The molecule has 9 heteroatoms. The molecule has 0 spiro atoms. The van der Waals surface area contributed by atoms with Crippen LogP contribution in [0.15, 0.2) is 132 Å². The van der Waals surface area contributed by atoms with Crippen molar-refractivity contribution in [3.8, 4) is 0 Å². The van der Waals surface area contributed by atoms with Gasteiger partial charge in [-0.2, -0.15) is 0 Å². The molecule has 0 saturated heterocycles. The van der Waals surface area contributed by atoms with Crippen LogP contribution in [0, 0.1) is 6.92 Å². The van der Waals surface area contributed by atoms with Crippen LogP contribution in [-0.2, 0) is 16.0 Å². The smallest absolute Gasteiger partial charge is 0.272 e. The Hall–Kier alpha value is -4.82. The van der Waals surface area contributed by atoms with E-state index in [-0.39, 0.29) is 16.6 Å². The topological polar surface area (TPSA) is 87.3 Å². The fourth-order valence-corrected chi connectivity index (χ4v) is 6.45. The van der Waals surface area contributed by atoms with Gasteiger partial charge in [0.2, 0.25) is 5.91 Å². The second kappa shape index (κ2) is 16.3. The highest BCUT2D eigenvalue weighted by atomic mass is 35.5. The highest BCUT2D eigenvalue weighted by Gasteiger charge is 2.24. The molecule has 1 atom stereocenters. The molecule has 0 aliphatic heterocycles. The van der Waals surface area contributed by atoms with Crippen LogP contribution in [-0.4, -0.2) is 17.7 Å². The number of amides is 3. The molecule has 0 aliphatic rings. The summed E-state index contributed by atoms with van der Waals surface area (Å²) < 4.78 is 0. The van der Waals surface area contributed by atoms with Gasteiger partial charge < -0.3 is 16.0 Å². The number of hydrogen-bond donors (Lipinski definition) is 3. The summed E-state index contributed by atoms with van der Waals surface area (Å²) in [6.07, 6.45) is 2.27. The maximum atomic E-state index is 13.9. The van der Waals surface area contributed by atoms with E-state index in [1.54, 1.807) is 66.7 Å². The number of halogens is 2. The summed E-state index contributed by atoms with van der Waals surface area (Å²) >= 11 is 14.0. The Kier molecular flexibility index (Phi) is 11.7. The van der Waals surface area contributed by atoms with E-state index >= 15 is 0 Å². The van der Waals surface area contributed by atoms with Crippen LogP contribution in [0.4, 0.5) is 11.4 Å². The van der Waals surface area contributed by atoms with E-state index in [4.69, 9.17) is 23.2 Å². The van der Waals surface area contributed by atoms with E-state index < -0.39 is 17.1 Å². The zero-order chi connectivity index (χ0) is 34.0. The molecule has 0 heterocycles. The number of nitrogens with one attached hydrogen (secondary N) is 3. The van der Waals surface area contributed by atoms with Gasteiger partial charge in [-0.25, -0.2) is 0 Å². The number of carbonyl (C=O) groups is 3. The molecule has 0 radical (unpaired) electrons. The fraction of sp³-hybridized carbons (Fsp3) is 0.103. The number of benzene rings is 5. The van der Waals surface area contributed by atoms with Crippen molar-refractivity contribution in [1.82, 2.24) is 5.32 Å². The average Bonchev–Trinajstić information content (AvgIpc) is 3.10. The zero-order valence-corrected chi connectivity index (χ0v) is 28.6. The molecule has 0 aromatic heterocycles. The van der Waals surface area contributed by atoms with E-state index in [1.807, 2.05) is 61.5 Å². The molecule has 5 aromatic carbocycles. The Balaban J connectivity index is 1.41. The minimum Gasteiger partial charge on any atom is -0.324 e. The second-order valence-corrected chi connectivity index (χ2v) is 12.8. The summed E-state index contributed by atoms with van der Waals surface area (Å²) in [5.74, 6) is -1.19. The second-order valence-electron chi connectivity index (χ2n) is 10.9. The monoisotopic (exact) mass is 693 g/mol. The molecular weight excluding hydrogens is 661 g/mol. The van der Waals surface area contributed by atoms with Gasteiger partial charge in [-0.15, -0.1) is 11.8 Å². The van der Waals surface area contributed by atoms with Gasteiger partial charge in [0.05, 0.1) is 10.0 Å². The molecule has 5 rings (SSSR count). The van der Waals surface area contributed by atoms with Crippen molar-refractivity contribution in [3.63, 3.8) is 0 Å². The first-order valence-electron chi connectivity index (χ1n) is 15.3. The summed E-state index contributed by atoms with van der Waals surface area (Å²) in [6, 6.07) is 36.4. The molecule has 6 nitrogen and oxygen atoms in total. The largest absolute Gasteiger partial charge is 0.324 e. The van der Waals surface area contributed by atoms with Gasteiger partial charge in [0, 0.05) is 21.8 Å². The van der Waals surface area contributed by atoms with Crippen molar-refractivity contribution in [2.24, 2.45) is 0 Å². The van der Waals surface area contributed by atoms with Crippen molar-refractivity contribution in [1.29, 1.82) is 0 Å². The van der Waals surface area contributed by atoms with Crippen LogP contribution < -0.4 is 16.0 Å². The van der Waals surface area contributed by atoms with Gasteiger partial charge >= 0.3 is 0 Å². The van der Waals surface area contributed by atoms with Crippen molar-refractivity contribution in [3.05, 3.63) is 165 Å². The maximum absolute atomic E-state index is 13.9. The van der Waals surface area contributed by atoms with Crippen LogP contribution in [0.2, 0.25) is 10.0 Å². The average molecular weight is 695 g/mol. The number of anilines is 2. The van der Waals surface area contributed by atoms with Crippen LogP contribution in [0.1, 0.15) is 44.8 Å².